The van der Waals surface area contributed by atoms with Crippen molar-refractivity contribution in [1.29, 1.82) is 0 Å². The third-order valence-corrected chi connectivity index (χ3v) is 2.97. The lowest BCUT2D eigenvalue weighted by Gasteiger charge is -2.21. The summed E-state index contributed by atoms with van der Waals surface area (Å²) in [6.45, 7) is 9.18. The van der Waals surface area contributed by atoms with Gasteiger partial charge in [-0.15, -0.1) is 0 Å². The Hall–Kier alpha value is -1.16. The Morgan fingerprint density at radius 3 is 2.24 bits per heavy atom. The van der Waals surface area contributed by atoms with Gasteiger partial charge in [-0.2, -0.15) is 0 Å². The van der Waals surface area contributed by atoms with E-state index in [-0.39, 0.29) is 6.04 Å². The topological polar surface area (TPSA) is 55.0 Å². The average molecular weight is 236 g/mol. The SMILES string of the molecule is Cc1cc(C)nc(N(C)CCC(N)C(C)C)n1. The van der Waals surface area contributed by atoms with Crippen molar-refractivity contribution in [3.8, 4) is 0 Å². The quantitative estimate of drug-likeness (QED) is 0.848. The minimum absolute atomic E-state index is 0.239. The van der Waals surface area contributed by atoms with E-state index >= 15 is 0 Å². The van der Waals surface area contributed by atoms with E-state index in [4.69, 9.17) is 5.73 Å². The average Bonchev–Trinajstić information content (AvgIpc) is 2.23. The van der Waals surface area contributed by atoms with Gasteiger partial charge >= 0.3 is 0 Å². The second kappa shape index (κ2) is 5.96. The van der Waals surface area contributed by atoms with Gasteiger partial charge in [0.15, 0.2) is 0 Å². The van der Waals surface area contributed by atoms with E-state index in [1.807, 2.05) is 27.0 Å². The van der Waals surface area contributed by atoms with Crippen molar-refractivity contribution in [2.75, 3.05) is 18.5 Å². The predicted octanol–water partition coefficient (Wildman–Crippen LogP) is 1.90. The zero-order chi connectivity index (χ0) is 13.0. The second-order valence-electron chi connectivity index (χ2n) is 5.07. The van der Waals surface area contributed by atoms with Crippen LogP contribution < -0.4 is 10.6 Å². The summed E-state index contributed by atoms with van der Waals surface area (Å²) in [5.74, 6) is 1.31. The molecule has 17 heavy (non-hydrogen) atoms. The number of rotatable bonds is 5. The highest BCUT2D eigenvalue weighted by molar-refractivity contribution is 5.30. The number of nitrogens with zero attached hydrogens (tertiary/aromatic N) is 3. The van der Waals surface area contributed by atoms with Crippen LogP contribution in [0.2, 0.25) is 0 Å². The van der Waals surface area contributed by atoms with Gasteiger partial charge in [0.1, 0.15) is 0 Å². The molecule has 1 aromatic heterocycles. The van der Waals surface area contributed by atoms with Gasteiger partial charge in [-0.1, -0.05) is 13.8 Å². The van der Waals surface area contributed by atoms with Gasteiger partial charge in [0, 0.05) is 31.0 Å². The molecule has 2 N–H and O–H groups in total. The fraction of sp³-hybridized carbons (Fsp3) is 0.692. The predicted molar refractivity (Wildman–Crippen MR) is 72.2 cm³/mol. The molecule has 1 aromatic rings. The summed E-state index contributed by atoms with van der Waals surface area (Å²) in [6.07, 6.45) is 0.963. The minimum Gasteiger partial charge on any atom is -0.344 e. The van der Waals surface area contributed by atoms with E-state index in [0.29, 0.717) is 5.92 Å². The first-order valence-electron chi connectivity index (χ1n) is 6.19. The number of aromatic nitrogens is 2. The van der Waals surface area contributed by atoms with Crippen molar-refractivity contribution in [2.45, 2.75) is 40.2 Å². The van der Waals surface area contributed by atoms with Crippen LogP contribution in [0.25, 0.3) is 0 Å². The molecule has 0 aliphatic carbocycles. The van der Waals surface area contributed by atoms with Crippen LogP contribution >= 0.6 is 0 Å². The van der Waals surface area contributed by atoms with Gasteiger partial charge in [0.25, 0.3) is 0 Å². The molecule has 4 heteroatoms. The highest BCUT2D eigenvalue weighted by Gasteiger charge is 2.11. The molecule has 96 valence electrons. The third-order valence-electron chi connectivity index (χ3n) is 2.97. The number of anilines is 1. The molecule has 1 unspecified atom stereocenters. The molecule has 0 spiro atoms. The second-order valence-corrected chi connectivity index (χ2v) is 5.07. The zero-order valence-electron chi connectivity index (χ0n) is 11.6. The lowest BCUT2D eigenvalue weighted by atomic mass is 10.0. The molecule has 0 bridgehead atoms. The Morgan fingerprint density at radius 1 is 1.24 bits per heavy atom. The van der Waals surface area contributed by atoms with E-state index < -0.39 is 0 Å². The molecule has 0 saturated heterocycles. The van der Waals surface area contributed by atoms with Crippen molar-refractivity contribution < 1.29 is 0 Å². The molecule has 0 saturated carbocycles. The van der Waals surface area contributed by atoms with E-state index in [9.17, 15) is 0 Å². The molecular weight excluding hydrogens is 212 g/mol. The maximum atomic E-state index is 6.04. The molecule has 1 heterocycles. The Kier molecular flexibility index (Phi) is 4.87. The van der Waals surface area contributed by atoms with Gasteiger partial charge in [-0.05, 0) is 32.3 Å². The van der Waals surface area contributed by atoms with Crippen molar-refractivity contribution in [2.24, 2.45) is 11.7 Å². The molecule has 0 aliphatic rings. The Morgan fingerprint density at radius 2 is 1.76 bits per heavy atom. The highest BCUT2D eigenvalue weighted by atomic mass is 15.2. The van der Waals surface area contributed by atoms with Crippen molar-refractivity contribution in [3.05, 3.63) is 17.5 Å². The van der Waals surface area contributed by atoms with Crippen molar-refractivity contribution in [3.63, 3.8) is 0 Å². The lowest BCUT2D eigenvalue weighted by molar-refractivity contribution is 0.465. The number of nitrogens with two attached hydrogens (primary N) is 1. The molecule has 0 aromatic carbocycles. The molecule has 0 fully saturated rings. The van der Waals surface area contributed by atoms with Crippen molar-refractivity contribution >= 4 is 5.95 Å². The normalized spacial score (nSPS) is 12.9. The summed E-state index contributed by atoms with van der Waals surface area (Å²) in [4.78, 5) is 10.9. The van der Waals surface area contributed by atoms with Gasteiger partial charge in [-0.3, -0.25) is 0 Å². The summed E-state index contributed by atoms with van der Waals surface area (Å²) in [5.41, 5.74) is 8.05. The highest BCUT2D eigenvalue weighted by Crippen LogP contribution is 2.10. The zero-order valence-corrected chi connectivity index (χ0v) is 11.6. The van der Waals surface area contributed by atoms with Gasteiger partial charge in [0.2, 0.25) is 5.95 Å². The third kappa shape index (κ3) is 4.30. The molecule has 4 nitrogen and oxygen atoms in total. The summed E-state index contributed by atoms with van der Waals surface area (Å²) >= 11 is 0. The summed E-state index contributed by atoms with van der Waals surface area (Å²) in [7, 11) is 2.02. The van der Waals surface area contributed by atoms with Crippen LogP contribution in [-0.2, 0) is 0 Å². The summed E-state index contributed by atoms with van der Waals surface area (Å²) in [5, 5.41) is 0. The number of hydrogen-bond donors (Lipinski definition) is 1. The smallest absolute Gasteiger partial charge is 0.225 e. The van der Waals surface area contributed by atoms with Gasteiger partial charge in [-0.25, -0.2) is 9.97 Å². The Balaban J connectivity index is 2.60. The van der Waals surface area contributed by atoms with E-state index in [1.54, 1.807) is 0 Å². The number of aryl methyl sites for hydroxylation is 2. The molecule has 0 amide bonds. The van der Waals surface area contributed by atoms with Crippen molar-refractivity contribution in [1.82, 2.24) is 9.97 Å². The van der Waals surface area contributed by atoms with E-state index in [2.05, 4.69) is 28.7 Å². The van der Waals surface area contributed by atoms with Crippen LogP contribution in [0.1, 0.15) is 31.7 Å². The maximum absolute atomic E-state index is 6.04. The first-order chi connectivity index (χ1) is 7.90. The standard InChI is InChI=1S/C13H24N4/c1-9(2)12(14)6-7-17(5)13-15-10(3)8-11(4)16-13/h8-9,12H,6-7,14H2,1-5H3. The van der Waals surface area contributed by atoms with Gasteiger partial charge in [0.05, 0.1) is 0 Å². The first kappa shape index (κ1) is 13.9. The molecule has 1 rings (SSSR count). The van der Waals surface area contributed by atoms with E-state index in [1.165, 1.54) is 0 Å². The van der Waals surface area contributed by atoms with Crippen LogP contribution in [0.15, 0.2) is 6.07 Å². The largest absolute Gasteiger partial charge is 0.344 e. The number of hydrogen-bond acceptors (Lipinski definition) is 4. The van der Waals surface area contributed by atoms with Crippen LogP contribution in [-0.4, -0.2) is 29.6 Å². The van der Waals surface area contributed by atoms with E-state index in [0.717, 1.165) is 30.3 Å². The van der Waals surface area contributed by atoms with Crippen LogP contribution in [0.3, 0.4) is 0 Å². The molecule has 0 radical (unpaired) electrons. The fourth-order valence-corrected chi connectivity index (χ4v) is 1.65. The fourth-order valence-electron chi connectivity index (χ4n) is 1.65. The molecule has 1 atom stereocenters. The van der Waals surface area contributed by atoms with Crippen LogP contribution in [0.4, 0.5) is 5.95 Å². The summed E-state index contributed by atoms with van der Waals surface area (Å²) in [6, 6.07) is 2.22. The van der Waals surface area contributed by atoms with Gasteiger partial charge < -0.3 is 10.6 Å². The molecule has 0 aliphatic heterocycles. The Labute approximate surface area is 104 Å². The van der Waals surface area contributed by atoms with Crippen LogP contribution in [0.5, 0.6) is 0 Å². The Bertz CT molecular complexity index is 342. The monoisotopic (exact) mass is 236 g/mol. The minimum atomic E-state index is 0.239. The maximum Gasteiger partial charge on any atom is 0.225 e. The first-order valence-corrected chi connectivity index (χ1v) is 6.19. The molecular formula is C13H24N4. The van der Waals surface area contributed by atoms with Crippen LogP contribution in [0, 0.1) is 19.8 Å². The summed E-state index contributed by atoms with van der Waals surface area (Å²) < 4.78 is 0. The lowest BCUT2D eigenvalue weighted by Crippen LogP contribution is -2.32.